The van der Waals surface area contributed by atoms with E-state index in [1.807, 2.05) is 0 Å². The molecule has 1 atom stereocenters. The van der Waals surface area contributed by atoms with Crippen LogP contribution in [0.3, 0.4) is 0 Å². The van der Waals surface area contributed by atoms with Crippen molar-refractivity contribution in [3.63, 3.8) is 0 Å². The zero-order chi connectivity index (χ0) is 12.9. The Labute approximate surface area is 94.8 Å². The molecule has 0 bridgehead atoms. The highest BCUT2D eigenvalue weighted by atomic mass is 16.6. The number of aliphatic carboxylic acids is 1. The summed E-state index contributed by atoms with van der Waals surface area (Å²) in [6, 6.07) is 0. The number of carbonyl (C=O) groups excluding carboxylic acids is 2. The lowest BCUT2D eigenvalue weighted by Gasteiger charge is -2.15. The Kier molecular flexibility index (Phi) is 5.71. The average Bonchev–Trinajstić information content (AvgIpc) is 2.15. The molecule has 5 heteroatoms. The predicted octanol–water partition coefficient (Wildman–Crippen LogP) is 1.25. The molecule has 0 rings (SSSR count). The van der Waals surface area contributed by atoms with Crippen LogP contribution in [0.5, 0.6) is 0 Å². The number of esters is 1. The van der Waals surface area contributed by atoms with Gasteiger partial charge in [0.25, 0.3) is 0 Å². The number of carboxylic acid groups (broad SMARTS) is 1. The van der Waals surface area contributed by atoms with E-state index in [4.69, 9.17) is 9.84 Å². The van der Waals surface area contributed by atoms with Crippen LogP contribution in [0.1, 0.15) is 34.1 Å². The largest absolute Gasteiger partial charge is 0.478 e. The fourth-order valence-electron chi connectivity index (χ4n) is 0.874. The highest BCUT2D eigenvalue weighted by molar-refractivity contribution is 5.87. The first kappa shape index (κ1) is 14.6. The molecule has 0 aromatic rings. The van der Waals surface area contributed by atoms with Gasteiger partial charge in [0, 0.05) is 5.92 Å². The van der Waals surface area contributed by atoms with Crippen molar-refractivity contribution < 1.29 is 24.2 Å². The zero-order valence-electron chi connectivity index (χ0n) is 10.0. The molecule has 1 N–H and O–H groups in total. The summed E-state index contributed by atoms with van der Waals surface area (Å²) < 4.78 is 4.73. The quantitative estimate of drug-likeness (QED) is 0.694. The lowest BCUT2D eigenvalue weighted by molar-refractivity contribution is -0.167. The van der Waals surface area contributed by atoms with Crippen LogP contribution in [0, 0.1) is 11.8 Å². The van der Waals surface area contributed by atoms with Gasteiger partial charge in [-0.05, 0) is 0 Å². The third kappa shape index (κ3) is 4.91. The molecule has 16 heavy (non-hydrogen) atoms. The zero-order valence-corrected chi connectivity index (χ0v) is 10.0. The minimum absolute atomic E-state index is 0.232. The average molecular weight is 230 g/mol. The second-order valence-corrected chi connectivity index (χ2v) is 4.24. The predicted molar refractivity (Wildman–Crippen MR) is 56.8 cm³/mol. The molecular weight excluding hydrogens is 212 g/mol. The van der Waals surface area contributed by atoms with Crippen molar-refractivity contribution in [2.45, 2.75) is 40.2 Å². The number of carbonyl (C=O) groups is 3. The highest BCUT2D eigenvalue weighted by Gasteiger charge is 2.27. The Bertz CT molecular complexity index is 258. The molecule has 0 aliphatic heterocycles. The van der Waals surface area contributed by atoms with E-state index >= 15 is 0 Å². The lowest BCUT2D eigenvalue weighted by Crippen LogP contribution is -2.32. The van der Waals surface area contributed by atoms with Crippen LogP contribution in [-0.4, -0.2) is 28.9 Å². The van der Waals surface area contributed by atoms with Crippen molar-refractivity contribution in [2.75, 3.05) is 0 Å². The molecule has 0 saturated carbocycles. The molecule has 5 nitrogen and oxygen atoms in total. The van der Waals surface area contributed by atoms with Gasteiger partial charge in [0.1, 0.15) is 5.78 Å². The van der Waals surface area contributed by atoms with Crippen LogP contribution < -0.4 is 0 Å². The molecule has 0 aromatic carbocycles. The number of Topliss-reactive ketones (excluding diaryl/α,β-unsaturated/α-hetero) is 1. The van der Waals surface area contributed by atoms with Crippen LogP contribution in [0.25, 0.3) is 0 Å². The van der Waals surface area contributed by atoms with Crippen LogP contribution in [0.15, 0.2) is 0 Å². The molecule has 0 aliphatic rings. The maximum atomic E-state index is 11.4. The molecular formula is C11H18O5. The molecule has 0 aliphatic carbocycles. The Morgan fingerprint density at radius 1 is 1.06 bits per heavy atom. The van der Waals surface area contributed by atoms with E-state index in [1.54, 1.807) is 27.7 Å². The number of ketones is 1. The van der Waals surface area contributed by atoms with Gasteiger partial charge < -0.3 is 9.84 Å². The molecule has 0 spiro atoms. The first-order chi connectivity index (χ1) is 7.25. The minimum Gasteiger partial charge on any atom is -0.478 e. The van der Waals surface area contributed by atoms with Crippen LogP contribution in [0.2, 0.25) is 0 Å². The van der Waals surface area contributed by atoms with E-state index in [9.17, 15) is 14.4 Å². The van der Waals surface area contributed by atoms with Gasteiger partial charge >= 0.3 is 11.9 Å². The van der Waals surface area contributed by atoms with Crippen LogP contribution >= 0.6 is 0 Å². The number of ether oxygens (including phenoxy) is 1. The van der Waals surface area contributed by atoms with E-state index < -0.39 is 24.0 Å². The van der Waals surface area contributed by atoms with Crippen LogP contribution in [-0.2, 0) is 19.1 Å². The lowest BCUT2D eigenvalue weighted by atomic mass is 10.0. The molecule has 92 valence electrons. The summed E-state index contributed by atoms with van der Waals surface area (Å²) in [5.74, 6) is -2.80. The van der Waals surface area contributed by atoms with E-state index in [0.717, 1.165) is 0 Å². The van der Waals surface area contributed by atoms with Crippen molar-refractivity contribution >= 4 is 17.7 Å². The highest BCUT2D eigenvalue weighted by Crippen LogP contribution is 2.09. The number of hydrogen-bond donors (Lipinski definition) is 1. The molecule has 0 saturated heterocycles. The van der Waals surface area contributed by atoms with Gasteiger partial charge in [0.15, 0.2) is 0 Å². The van der Waals surface area contributed by atoms with Gasteiger partial charge in [-0.25, -0.2) is 4.79 Å². The first-order valence-corrected chi connectivity index (χ1v) is 5.21. The molecule has 0 radical (unpaired) electrons. The van der Waals surface area contributed by atoms with Gasteiger partial charge in [0.05, 0.1) is 12.3 Å². The standard InChI is InChI=1S/C11H18O5/c1-6(2)8(12)5-9(10(13)14)16-11(15)7(3)4/h6-7,9H,5H2,1-4H3,(H,13,14). The molecule has 0 fully saturated rings. The van der Waals surface area contributed by atoms with Crippen molar-refractivity contribution in [1.29, 1.82) is 0 Å². The fraction of sp³-hybridized carbons (Fsp3) is 0.727. The summed E-state index contributed by atoms with van der Waals surface area (Å²) in [5.41, 5.74) is 0. The topological polar surface area (TPSA) is 80.7 Å². The SMILES string of the molecule is CC(C)C(=O)CC(OC(=O)C(C)C)C(=O)O. The second kappa shape index (κ2) is 6.25. The van der Waals surface area contributed by atoms with E-state index in [-0.39, 0.29) is 18.1 Å². The summed E-state index contributed by atoms with van der Waals surface area (Å²) in [6.45, 7) is 6.55. The Morgan fingerprint density at radius 2 is 1.56 bits per heavy atom. The van der Waals surface area contributed by atoms with Crippen molar-refractivity contribution in [3.8, 4) is 0 Å². The Morgan fingerprint density at radius 3 is 1.88 bits per heavy atom. The molecule has 1 unspecified atom stereocenters. The minimum atomic E-state index is -1.37. The maximum absolute atomic E-state index is 11.4. The van der Waals surface area contributed by atoms with E-state index in [0.29, 0.717) is 0 Å². The molecule has 0 aromatic heterocycles. The number of carboxylic acids is 1. The molecule has 0 heterocycles. The fourth-order valence-corrected chi connectivity index (χ4v) is 0.874. The summed E-state index contributed by atoms with van der Waals surface area (Å²) in [6.07, 6.45) is -1.64. The van der Waals surface area contributed by atoms with Gasteiger partial charge in [0.2, 0.25) is 6.10 Å². The normalized spacial score (nSPS) is 12.6. The Balaban J connectivity index is 4.46. The van der Waals surface area contributed by atoms with Crippen molar-refractivity contribution in [2.24, 2.45) is 11.8 Å². The maximum Gasteiger partial charge on any atom is 0.345 e. The summed E-state index contributed by atoms with van der Waals surface area (Å²) >= 11 is 0. The Hall–Kier alpha value is -1.39. The van der Waals surface area contributed by atoms with Gasteiger partial charge in [-0.2, -0.15) is 0 Å². The third-order valence-electron chi connectivity index (χ3n) is 2.04. The van der Waals surface area contributed by atoms with Crippen LogP contribution in [0.4, 0.5) is 0 Å². The monoisotopic (exact) mass is 230 g/mol. The van der Waals surface area contributed by atoms with E-state index in [2.05, 4.69) is 0 Å². The second-order valence-electron chi connectivity index (χ2n) is 4.24. The van der Waals surface area contributed by atoms with Gasteiger partial charge in [-0.3, -0.25) is 9.59 Å². The first-order valence-electron chi connectivity index (χ1n) is 5.21. The summed E-state index contributed by atoms with van der Waals surface area (Å²) in [4.78, 5) is 33.4. The number of rotatable bonds is 6. The van der Waals surface area contributed by atoms with Crippen molar-refractivity contribution in [3.05, 3.63) is 0 Å². The smallest absolute Gasteiger partial charge is 0.345 e. The van der Waals surface area contributed by atoms with E-state index in [1.165, 1.54) is 0 Å². The summed E-state index contributed by atoms with van der Waals surface area (Å²) in [5, 5.41) is 8.81. The van der Waals surface area contributed by atoms with Gasteiger partial charge in [-0.1, -0.05) is 27.7 Å². The molecule has 0 amide bonds. The number of hydrogen-bond acceptors (Lipinski definition) is 4. The van der Waals surface area contributed by atoms with Crippen molar-refractivity contribution in [1.82, 2.24) is 0 Å². The van der Waals surface area contributed by atoms with Gasteiger partial charge in [-0.15, -0.1) is 0 Å². The summed E-state index contributed by atoms with van der Waals surface area (Å²) in [7, 11) is 0. The third-order valence-corrected chi connectivity index (χ3v) is 2.04.